The summed E-state index contributed by atoms with van der Waals surface area (Å²) in [5.41, 5.74) is 0.649. The van der Waals surface area contributed by atoms with Crippen LogP contribution < -0.4 is 5.32 Å². The summed E-state index contributed by atoms with van der Waals surface area (Å²) >= 11 is 11.1. The first-order valence-corrected chi connectivity index (χ1v) is 11.1. The van der Waals surface area contributed by atoms with Gasteiger partial charge < -0.3 is 0 Å². The van der Waals surface area contributed by atoms with Gasteiger partial charge in [-0.05, 0) is 74.5 Å². The summed E-state index contributed by atoms with van der Waals surface area (Å²) in [5.74, 6) is 2.35. The predicted molar refractivity (Wildman–Crippen MR) is 107 cm³/mol. The van der Waals surface area contributed by atoms with Crippen molar-refractivity contribution >= 4 is 49.9 Å². The molecule has 4 aliphatic carbocycles. The highest BCUT2D eigenvalue weighted by Crippen LogP contribution is 2.61. The number of aromatic nitrogens is 2. The highest BCUT2D eigenvalue weighted by molar-refractivity contribution is 9.10. The number of benzene rings is 1. The molecule has 4 saturated carbocycles. The SMILES string of the molecule is O=C(Nc1nnc(C23CC4CC(CC(C4)C2)C3)s1)c1cc(Br)ccc1Cl. The van der Waals surface area contributed by atoms with Crippen LogP contribution in [0.4, 0.5) is 5.13 Å². The van der Waals surface area contributed by atoms with Gasteiger partial charge in [-0.3, -0.25) is 10.1 Å². The lowest BCUT2D eigenvalue weighted by Gasteiger charge is -2.55. The maximum Gasteiger partial charge on any atom is 0.259 e. The van der Waals surface area contributed by atoms with E-state index in [2.05, 4.69) is 31.4 Å². The van der Waals surface area contributed by atoms with Crippen molar-refractivity contribution in [2.45, 2.75) is 43.9 Å². The maximum atomic E-state index is 12.6. The van der Waals surface area contributed by atoms with Gasteiger partial charge in [-0.15, -0.1) is 10.2 Å². The zero-order valence-electron chi connectivity index (χ0n) is 14.2. The quantitative estimate of drug-likeness (QED) is 0.652. The molecule has 6 rings (SSSR count). The second kappa shape index (κ2) is 6.28. The van der Waals surface area contributed by atoms with Crippen LogP contribution in [0.1, 0.15) is 53.9 Å². The van der Waals surface area contributed by atoms with Crippen LogP contribution in [0.5, 0.6) is 0 Å². The van der Waals surface area contributed by atoms with Crippen LogP contribution in [0, 0.1) is 17.8 Å². The van der Waals surface area contributed by atoms with Crippen molar-refractivity contribution in [1.82, 2.24) is 10.2 Å². The Morgan fingerprint density at radius 1 is 1.15 bits per heavy atom. The third-order valence-electron chi connectivity index (χ3n) is 6.31. The van der Waals surface area contributed by atoms with E-state index in [4.69, 9.17) is 11.6 Å². The fraction of sp³-hybridized carbons (Fsp3) is 0.526. The highest BCUT2D eigenvalue weighted by atomic mass is 79.9. The van der Waals surface area contributed by atoms with E-state index in [1.54, 1.807) is 23.5 Å². The van der Waals surface area contributed by atoms with Crippen molar-refractivity contribution in [3.63, 3.8) is 0 Å². The lowest BCUT2D eigenvalue weighted by molar-refractivity contribution is -0.00555. The first-order chi connectivity index (χ1) is 12.5. The molecule has 4 bridgehead atoms. The zero-order chi connectivity index (χ0) is 17.9. The Balaban J connectivity index is 1.38. The normalized spacial score (nSPS) is 32.0. The molecule has 136 valence electrons. The predicted octanol–water partition coefficient (Wildman–Crippen LogP) is 5.67. The Kier molecular flexibility index (Phi) is 4.14. The second-order valence-corrected chi connectivity index (χ2v) is 10.5. The van der Waals surface area contributed by atoms with Gasteiger partial charge in [-0.2, -0.15) is 0 Å². The summed E-state index contributed by atoms with van der Waals surface area (Å²) in [7, 11) is 0. The van der Waals surface area contributed by atoms with Gasteiger partial charge in [-0.1, -0.05) is 38.9 Å². The molecule has 0 aliphatic heterocycles. The maximum absolute atomic E-state index is 12.6. The van der Waals surface area contributed by atoms with E-state index in [0.717, 1.165) is 27.2 Å². The number of rotatable bonds is 3. The van der Waals surface area contributed by atoms with Gasteiger partial charge >= 0.3 is 0 Å². The minimum Gasteiger partial charge on any atom is -0.296 e. The first kappa shape index (κ1) is 17.1. The fourth-order valence-electron chi connectivity index (χ4n) is 5.70. The van der Waals surface area contributed by atoms with E-state index in [0.29, 0.717) is 15.7 Å². The molecular formula is C19H19BrClN3OS. The number of hydrogen-bond donors (Lipinski definition) is 1. The van der Waals surface area contributed by atoms with Crippen molar-refractivity contribution in [3.8, 4) is 0 Å². The minimum atomic E-state index is -0.246. The average molecular weight is 453 g/mol. The number of nitrogens with zero attached hydrogens (tertiary/aromatic N) is 2. The van der Waals surface area contributed by atoms with Gasteiger partial charge in [0, 0.05) is 9.89 Å². The standard InChI is InChI=1S/C19H19BrClN3OS/c20-13-1-2-15(21)14(6-13)16(25)22-18-24-23-17(26-18)19-7-10-3-11(8-19)5-12(4-10)9-19/h1-2,6,10-12H,3-5,7-9H2,(H,22,24,25). The van der Waals surface area contributed by atoms with Crippen LogP contribution in [0.3, 0.4) is 0 Å². The summed E-state index contributed by atoms with van der Waals surface area (Å²) in [6.45, 7) is 0. The molecule has 4 aliphatic rings. The van der Waals surface area contributed by atoms with Gasteiger partial charge in [-0.25, -0.2) is 0 Å². The Morgan fingerprint density at radius 2 is 1.81 bits per heavy atom. The Hall–Kier alpha value is -0.980. The number of anilines is 1. The molecule has 1 aromatic carbocycles. The molecule has 1 amide bonds. The number of amides is 1. The molecule has 1 N–H and O–H groups in total. The molecule has 7 heteroatoms. The van der Waals surface area contributed by atoms with Gasteiger partial charge in [0.05, 0.1) is 10.6 Å². The Labute approximate surface area is 169 Å². The molecule has 0 spiro atoms. The van der Waals surface area contributed by atoms with Crippen molar-refractivity contribution in [1.29, 1.82) is 0 Å². The Bertz CT molecular complexity index is 848. The molecular weight excluding hydrogens is 434 g/mol. The van der Waals surface area contributed by atoms with E-state index in [1.807, 2.05) is 6.07 Å². The molecule has 0 radical (unpaired) electrons. The smallest absolute Gasteiger partial charge is 0.259 e. The molecule has 26 heavy (non-hydrogen) atoms. The van der Waals surface area contributed by atoms with Gasteiger partial charge in [0.15, 0.2) is 0 Å². The summed E-state index contributed by atoms with van der Waals surface area (Å²) < 4.78 is 0.818. The number of nitrogens with one attached hydrogen (secondary N) is 1. The Morgan fingerprint density at radius 3 is 2.46 bits per heavy atom. The average Bonchev–Trinajstić information content (AvgIpc) is 3.05. The lowest BCUT2D eigenvalue weighted by Crippen LogP contribution is -2.48. The summed E-state index contributed by atoms with van der Waals surface area (Å²) in [6, 6.07) is 5.25. The molecule has 0 atom stereocenters. The van der Waals surface area contributed by atoms with Crippen LogP contribution in [0.15, 0.2) is 22.7 Å². The van der Waals surface area contributed by atoms with E-state index in [1.165, 1.54) is 38.5 Å². The largest absolute Gasteiger partial charge is 0.296 e. The van der Waals surface area contributed by atoms with Crippen LogP contribution in [-0.2, 0) is 5.41 Å². The van der Waals surface area contributed by atoms with Crippen molar-refractivity contribution in [2.75, 3.05) is 5.32 Å². The van der Waals surface area contributed by atoms with Crippen LogP contribution in [0.2, 0.25) is 5.02 Å². The molecule has 4 nitrogen and oxygen atoms in total. The first-order valence-electron chi connectivity index (χ1n) is 9.11. The van der Waals surface area contributed by atoms with Crippen molar-refractivity contribution in [2.24, 2.45) is 17.8 Å². The molecule has 1 aromatic heterocycles. The molecule has 0 saturated heterocycles. The summed E-state index contributed by atoms with van der Waals surface area (Å²) in [5, 5.41) is 13.8. The molecule has 0 unspecified atom stereocenters. The number of carbonyl (C=O) groups is 1. The zero-order valence-corrected chi connectivity index (χ0v) is 17.3. The van der Waals surface area contributed by atoms with Crippen LogP contribution >= 0.6 is 38.9 Å². The van der Waals surface area contributed by atoms with E-state index in [-0.39, 0.29) is 11.3 Å². The number of carbonyl (C=O) groups excluding carboxylic acids is 1. The van der Waals surface area contributed by atoms with E-state index >= 15 is 0 Å². The third-order valence-corrected chi connectivity index (χ3v) is 8.22. The number of hydrogen-bond acceptors (Lipinski definition) is 4. The monoisotopic (exact) mass is 451 g/mol. The molecule has 4 fully saturated rings. The van der Waals surface area contributed by atoms with Crippen LogP contribution in [-0.4, -0.2) is 16.1 Å². The lowest BCUT2D eigenvalue weighted by atomic mass is 9.50. The second-order valence-electron chi connectivity index (χ2n) is 8.19. The minimum absolute atomic E-state index is 0.211. The van der Waals surface area contributed by atoms with E-state index in [9.17, 15) is 4.79 Å². The van der Waals surface area contributed by atoms with Crippen molar-refractivity contribution in [3.05, 3.63) is 38.3 Å². The van der Waals surface area contributed by atoms with Gasteiger partial charge in [0.1, 0.15) is 5.01 Å². The van der Waals surface area contributed by atoms with Gasteiger partial charge in [0.25, 0.3) is 5.91 Å². The van der Waals surface area contributed by atoms with Gasteiger partial charge in [0.2, 0.25) is 5.13 Å². The van der Waals surface area contributed by atoms with Crippen molar-refractivity contribution < 1.29 is 4.79 Å². The topological polar surface area (TPSA) is 54.9 Å². The fourth-order valence-corrected chi connectivity index (χ4v) is 7.22. The van der Waals surface area contributed by atoms with E-state index < -0.39 is 0 Å². The molecule has 1 heterocycles. The third kappa shape index (κ3) is 2.90. The van der Waals surface area contributed by atoms with Crippen LogP contribution in [0.25, 0.3) is 0 Å². The summed E-state index contributed by atoms with van der Waals surface area (Å²) in [4.78, 5) is 12.6. The highest BCUT2D eigenvalue weighted by Gasteiger charge is 2.53. The summed E-state index contributed by atoms with van der Waals surface area (Å²) in [6.07, 6.45) is 7.96. The molecule has 2 aromatic rings. The number of halogens is 2.